The molecule has 342 valence electrons. The average molecular weight is 918 g/mol. The van der Waals surface area contributed by atoms with Gasteiger partial charge >= 0.3 is 11.8 Å². The van der Waals surface area contributed by atoms with Crippen LogP contribution in [-0.4, -0.2) is 93.9 Å². The molecule has 1 unspecified atom stereocenters. The number of anilines is 2. The zero-order valence-electron chi connectivity index (χ0n) is 35.6. The summed E-state index contributed by atoms with van der Waals surface area (Å²) < 4.78 is 53.5. The number of benzene rings is 3. The lowest BCUT2D eigenvalue weighted by Gasteiger charge is -2.37. The van der Waals surface area contributed by atoms with E-state index in [1.807, 2.05) is 55.5 Å². The lowest BCUT2D eigenvalue weighted by atomic mass is 9.87. The van der Waals surface area contributed by atoms with Crippen molar-refractivity contribution in [3.8, 4) is 11.4 Å². The lowest BCUT2D eigenvalue weighted by molar-refractivity contribution is -0.753. The molecule has 3 aromatic carbocycles. The zero-order chi connectivity index (χ0) is 43.1. The van der Waals surface area contributed by atoms with Crippen LogP contribution in [0.4, 0.5) is 25.0 Å². The first-order chi connectivity index (χ1) is 29.5. The summed E-state index contributed by atoms with van der Waals surface area (Å²) in [5, 5.41) is 21.4. The number of halogens is 4. The van der Waals surface area contributed by atoms with Gasteiger partial charge < -0.3 is 52.6 Å². The molecule has 2 aromatic heterocycles. The van der Waals surface area contributed by atoms with Crippen LogP contribution in [0.1, 0.15) is 57.9 Å². The molecule has 63 heavy (non-hydrogen) atoms. The smallest absolute Gasteiger partial charge is 0.410 e. The number of hydrogen-bond acceptors (Lipinski definition) is 11. The van der Waals surface area contributed by atoms with Crippen LogP contribution in [0.5, 0.6) is 5.75 Å². The Labute approximate surface area is 377 Å². The van der Waals surface area contributed by atoms with Gasteiger partial charge in [-0.15, -0.1) is 17.1 Å². The van der Waals surface area contributed by atoms with Crippen LogP contribution >= 0.6 is 12.4 Å². The maximum absolute atomic E-state index is 15.4. The fraction of sp³-hybridized carbons (Fsp3) is 0.465. The van der Waals surface area contributed by atoms with E-state index in [2.05, 4.69) is 25.3 Å². The third-order valence-electron chi connectivity index (χ3n) is 11.4. The van der Waals surface area contributed by atoms with Gasteiger partial charge in [0, 0.05) is 73.7 Å². The molecule has 5 atom stereocenters. The summed E-state index contributed by atoms with van der Waals surface area (Å²) in [5.41, 5.74) is 7.14. The highest BCUT2D eigenvalue weighted by atomic mass is 35.5. The topological polar surface area (TPSA) is 171 Å². The molecule has 4 heterocycles. The molecule has 1 amide bonds. The number of carbonyl (C=O) groups excluding carboxylic acids is 1. The summed E-state index contributed by atoms with van der Waals surface area (Å²) in [6.45, 7) is 10.1. The van der Waals surface area contributed by atoms with E-state index >= 15 is 4.39 Å². The number of hydrogen-bond donors (Lipinski definition) is 3. The summed E-state index contributed by atoms with van der Waals surface area (Å²) in [5.74, 6) is -0.795. The maximum Gasteiger partial charge on any atom is 0.410 e. The van der Waals surface area contributed by atoms with E-state index in [1.54, 1.807) is 29.4 Å². The monoisotopic (exact) mass is 916 g/mol. The maximum atomic E-state index is 15.4. The van der Waals surface area contributed by atoms with Gasteiger partial charge in [0.2, 0.25) is 12.6 Å². The van der Waals surface area contributed by atoms with Crippen molar-refractivity contribution in [2.24, 2.45) is 11.7 Å². The molecule has 2 aliphatic heterocycles. The lowest BCUT2D eigenvalue weighted by Crippen LogP contribution is -3.00. The Kier molecular flexibility index (Phi) is 16.9. The van der Waals surface area contributed by atoms with Crippen LogP contribution in [0, 0.1) is 17.6 Å². The summed E-state index contributed by atoms with van der Waals surface area (Å²) >= 11 is 0. The number of rotatable bonds is 17. The van der Waals surface area contributed by atoms with Gasteiger partial charge in [0.25, 0.3) is 6.33 Å². The zero-order valence-corrected chi connectivity index (χ0v) is 37.1. The third kappa shape index (κ3) is 11.5. The predicted molar refractivity (Wildman–Crippen MR) is 230 cm³/mol. The Morgan fingerprint density at radius 2 is 1.67 bits per heavy atom. The van der Waals surface area contributed by atoms with Gasteiger partial charge in [-0.1, -0.05) is 13.0 Å². The van der Waals surface area contributed by atoms with Crippen molar-refractivity contribution in [2.45, 2.75) is 70.6 Å². The molecule has 0 saturated carbocycles. The Balaban J connectivity index is 0.00000374. The van der Waals surface area contributed by atoms with Gasteiger partial charge in [-0.05, 0) is 87.3 Å². The van der Waals surface area contributed by atoms with Crippen LogP contribution in [0.3, 0.4) is 0 Å². The van der Waals surface area contributed by atoms with Crippen molar-refractivity contribution < 1.29 is 49.9 Å². The minimum Gasteiger partial charge on any atom is -1.00 e. The van der Waals surface area contributed by atoms with Gasteiger partial charge in [0.1, 0.15) is 35.9 Å². The Morgan fingerprint density at radius 3 is 2.29 bits per heavy atom. The fourth-order valence-corrected chi connectivity index (χ4v) is 8.08. The first kappa shape index (κ1) is 48.8. The molecule has 7 rings (SSSR count). The number of nitrogens with two attached hydrogens (primary N) is 1. The summed E-state index contributed by atoms with van der Waals surface area (Å²) in [6, 6.07) is 19.0. The van der Waals surface area contributed by atoms with Crippen LogP contribution in [0.2, 0.25) is 0 Å². The SMILES string of the molecule is CC[C@@H]([C@H](C)O)n1ncn(-c2ccc(N3CCN(c4ccc(OC[C@@H]5CO[C@@](Cn6c[n+](C(C)OC(=O)NCCCN)cn6)(c6ccc(F)cc6F)C5)cc4)CC3)cc2)c1=O.Cl.[Cl-]. The highest BCUT2D eigenvalue weighted by Crippen LogP contribution is 2.42. The van der Waals surface area contributed by atoms with E-state index in [1.165, 1.54) is 34.0 Å². The number of alkyl carbamates (subject to hydrolysis) is 1. The molecule has 4 N–H and O–H groups in total. The average Bonchev–Trinajstić information content (AvgIpc) is 4.00. The highest BCUT2D eigenvalue weighted by Gasteiger charge is 2.46. The van der Waals surface area contributed by atoms with Crippen molar-refractivity contribution in [3.05, 3.63) is 113 Å². The number of aliphatic hydroxyl groups is 1. The second kappa shape index (κ2) is 21.9. The number of carbonyl (C=O) groups is 1. The number of ether oxygens (including phenoxy) is 3. The molecule has 0 spiro atoms. The second-order valence-electron chi connectivity index (χ2n) is 15.7. The Hall–Kier alpha value is -5.27. The number of nitrogens with zero attached hydrogens (tertiary/aromatic N) is 8. The van der Waals surface area contributed by atoms with E-state index in [4.69, 9.17) is 19.9 Å². The van der Waals surface area contributed by atoms with Gasteiger partial charge in [-0.25, -0.2) is 27.6 Å². The number of nitrogens with one attached hydrogen (secondary N) is 1. The third-order valence-corrected chi connectivity index (χ3v) is 11.4. The molecule has 2 saturated heterocycles. The first-order valence-electron chi connectivity index (χ1n) is 20.8. The molecule has 5 aromatic rings. The largest absolute Gasteiger partial charge is 1.00 e. The van der Waals surface area contributed by atoms with Gasteiger partial charge in [0.05, 0.1) is 31.0 Å². The molecule has 2 aliphatic rings. The first-order valence-corrected chi connectivity index (χ1v) is 20.8. The highest BCUT2D eigenvalue weighted by molar-refractivity contribution is 5.85. The summed E-state index contributed by atoms with van der Waals surface area (Å²) in [7, 11) is 0. The van der Waals surface area contributed by atoms with Crippen molar-refractivity contribution >= 4 is 29.9 Å². The standard InChI is InChI=1S/C43H54F2N10O6.2ClH/c1-4-40(30(2)56)55-42(58)54(28-49-55)36-9-7-34(8-10-36)50-18-20-51(21-19-50)35-11-13-37(14-12-35)59-24-32-23-43(60-25-32,38-15-6-33(44)22-39(38)45)26-53-29-52(27-48-53)31(3)61-41(57)47-17-5-16-46;;/h6-15,22,27-32,40,56H,4-5,16-21,23-26,46H2,1-3H3;2*1H/t30-,31?,32+,40-,43-;;/m0../s1. The van der Waals surface area contributed by atoms with Crippen molar-refractivity contribution in [3.63, 3.8) is 0 Å². The summed E-state index contributed by atoms with van der Waals surface area (Å²) in [4.78, 5) is 29.9. The molecular formula is C43H56Cl2F2N10O6. The van der Waals surface area contributed by atoms with Crippen LogP contribution < -0.4 is 48.3 Å². The van der Waals surface area contributed by atoms with Gasteiger partial charge in [0.15, 0.2) is 0 Å². The van der Waals surface area contributed by atoms with Crippen LogP contribution in [-0.2, 0) is 21.6 Å². The summed E-state index contributed by atoms with van der Waals surface area (Å²) in [6.07, 6.45) is 4.33. The van der Waals surface area contributed by atoms with Gasteiger partial charge in [-0.3, -0.25) is 0 Å². The quantitative estimate of drug-likeness (QED) is 0.0913. The molecule has 0 bridgehead atoms. The van der Waals surface area contributed by atoms with Crippen molar-refractivity contribution in [1.82, 2.24) is 29.4 Å². The van der Waals surface area contributed by atoms with Crippen molar-refractivity contribution in [2.75, 3.05) is 62.3 Å². The van der Waals surface area contributed by atoms with Gasteiger partial charge in [-0.2, -0.15) is 9.67 Å². The van der Waals surface area contributed by atoms with E-state index in [-0.39, 0.29) is 61.2 Å². The molecule has 2 fully saturated rings. The molecule has 0 radical (unpaired) electrons. The predicted octanol–water partition coefficient (Wildman–Crippen LogP) is 1.49. The number of aliphatic hydroxyl groups excluding tert-OH is 1. The molecule has 0 aliphatic carbocycles. The Bertz CT molecular complexity index is 2290. The number of piperazine rings is 1. The molecular weight excluding hydrogens is 861 g/mol. The van der Waals surface area contributed by atoms with E-state index in [0.717, 1.165) is 43.6 Å². The second-order valence-corrected chi connectivity index (χ2v) is 15.7. The fourth-order valence-electron chi connectivity index (χ4n) is 8.08. The van der Waals surface area contributed by atoms with Crippen LogP contribution in [0.15, 0.2) is 90.5 Å². The number of amides is 1. The minimum absolute atomic E-state index is 0. The normalized spacial score (nSPS) is 18.8. The Morgan fingerprint density at radius 1 is 1.02 bits per heavy atom. The molecule has 16 nitrogen and oxygen atoms in total. The van der Waals surface area contributed by atoms with E-state index in [9.17, 15) is 19.1 Å². The number of aromatic nitrogens is 6. The van der Waals surface area contributed by atoms with Crippen molar-refractivity contribution in [1.29, 1.82) is 0 Å². The minimum atomic E-state index is -1.16. The van der Waals surface area contributed by atoms with E-state index < -0.39 is 35.7 Å². The van der Waals surface area contributed by atoms with Crippen LogP contribution in [0.25, 0.3) is 5.69 Å². The van der Waals surface area contributed by atoms with E-state index in [0.29, 0.717) is 50.4 Å². The molecule has 20 heteroatoms.